The molecule has 0 heterocycles. The minimum absolute atomic E-state index is 0.0912. The summed E-state index contributed by atoms with van der Waals surface area (Å²) in [5, 5.41) is 8.62. The van der Waals surface area contributed by atoms with Crippen molar-refractivity contribution in [2.75, 3.05) is 6.54 Å². The van der Waals surface area contributed by atoms with Gasteiger partial charge in [-0.1, -0.05) is 23.2 Å². The van der Waals surface area contributed by atoms with Gasteiger partial charge in [-0.3, -0.25) is 0 Å². The van der Waals surface area contributed by atoms with Gasteiger partial charge >= 0.3 is 6.18 Å². The molecule has 0 amide bonds. The summed E-state index contributed by atoms with van der Waals surface area (Å²) in [5.41, 5.74) is 1.41. The lowest BCUT2D eigenvalue weighted by atomic mass is 9.99. The standard InChI is InChI=1S/C9H8Cl2F3NO/c10-6-1-5(2-7(11)3-6)8(4-15-16)9(12,13)14/h1-3,8,15-16H,4H2. The number of benzene rings is 1. The van der Waals surface area contributed by atoms with Crippen molar-refractivity contribution in [1.82, 2.24) is 5.48 Å². The van der Waals surface area contributed by atoms with Crippen molar-refractivity contribution in [3.8, 4) is 0 Å². The average molecular weight is 274 g/mol. The number of hydrogen-bond acceptors (Lipinski definition) is 2. The second-order valence-electron chi connectivity index (χ2n) is 3.16. The van der Waals surface area contributed by atoms with Gasteiger partial charge in [0.15, 0.2) is 0 Å². The summed E-state index contributed by atoms with van der Waals surface area (Å²) < 4.78 is 37.9. The third kappa shape index (κ3) is 3.52. The molecule has 2 N–H and O–H groups in total. The molecule has 0 aliphatic rings. The molecule has 1 rings (SSSR count). The van der Waals surface area contributed by atoms with Gasteiger partial charge in [0, 0.05) is 16.6 Å². The lowest BCUT2D eigenvalue weighted by molar-refractivity contribution is -0.153. The molecule has 0 bridgehead atoms. The van der Waals surface area contributed by atoms with Crippen LogP contribution in [0.25, 0.3) is 0 Å². The summed E-state index contributed by atoms with van der Waals surface area (Å²) in [5.74, 6) is -1.85. The van der Waals surface area contributed by atoms with E-state index in [9.17, 15) is 13.2 Å². The van der Waals surface area contributed by atoms with Crippen LogP contribution in [-0.4, -0.2) is 17.9 Å². The molecular formula is C9H8Cl2F3NO. The molecule has 0 radical (unpaired) electrons. The van der Waals surface area contributed by atoms with Crippen molar-refractivity contribution >= 4 is 23.2 Å². The van der Waals surface area contributed by atoms with E-state index in [4.69, 9.17) is 28.4 Å². The molecule has 2 nitrogen and oxygen atoms in total. The van der Waals surface area contributed by atoms with Crippen molar-refractivity contribution in [3.05, 3.63) is 33.8 Å². The van der Waals surface area contributed by atoms with Crippen LogP contribution in [-0.2, 0) is 0 Å². The van der Waals surface area contributed by atoms with E-state index < -0.39 is 18.6 Å². The molecular weight excluding hydrogens is 266 g/mol. The molecule has 0 aromatic heterocycles. The van der Waals surface area contributed by atoms with E-state index in [1.165, 1.54) is 23.7 Å². The summed E-state index contributed by atoms with van der Waals surface area (Å²) in [6.45, 7) is -0.653. The maximum absolute atomic E-state index is 12.6. The van der Waals surface area contributed by atoms with Crippen molar-refractivity contribution < 1.29 is 18.4 Å². The fourth-order valence-corrected chi connectivity index (χ4v) is 1.83. The third-order valence-corrected chi connectivity index (χ3v) is 2.41. The lowest BCUT2D eigenvalue weighted by Crippen LogP contribution is -2.30. The zero-order valence-corrected chi connectivity index (χ0v) is 9.37. The van der Waals surface area contributed by atoms with Crippen LogP contribution >= 0.6 is 23.2 Å². The second-order valence-corrected chi connectivity index (χ2v) is 4.03. The molecule has 1 aromatic carbocycles. The van der Waals surface area contributed by atoms with Gasteiger partial charge in [0.05, 0.1) is 5.92 Å². The van der Waals surface area contributed by atoms with E-state index in [-0.39, 0.29) is 15.6 Å². The normalized spacial score (nSPS) is 13.9. The van der Waals surface area contributed by atoms with E-state index in [1.807, 2.05) is 0 Å². The van der Waals surface area contributed by atoms with E-state index in [1.54, 1.807) is 0 Å². The maximum Gasteiger partial charge on any atom is 0.397 e. The van der Waals surface area contributed by atoms with E-state index in [0.717, 1.165) is 0 Å². The topological polar surface area (TPSA) is 32.3 Å². The van der Waals surface area contributed by atoms with Crippen LogP contribution in [0, 0.1) is 0 Å². The molecule has 0 saturated heterocycles. The first-order valence-corrected chi connectivity index (χ1v) is 5.00. The van der Waals surface area contributed by atoms with E-state index in [0.29, 0.717) is 0 Å². The Bertz CT molecular complexity index is 350. The highest BCUT2D eigenvalue weighted by atomic mass is 35.5. The Kier molecular flexibility index (Phi) is 4.43. The highest BCUT2D eigenvalue weighted by Crippen LogP contribution is 2.36. The molecule has 0 aliphatic heterocycles. The highest BCUT2D eigenvalue weighted by Gasteiger charge is 2.40. The number of rotatable bonds is 3. The van der Waals surface area contributed by atoms with Crippen molar-refractivity contribution in [2.24, 2.45) is 0 Å². The minimum Gasteiger partial charge on any atom is -0.317 e. The lowest BCUT2D eigenvalue weighted by Gasteiger charge is -2.20. The zero-order valence-electron chi connectivity index (χ0n) is 7.85. The Balaban J connectivity index is 3.10. The molecule has 0 aliphatic carbocycles. The van der Waals surface area contributed by atoms with E-state index in [2.05, 4.69) is 0 Å². The zero-order chi connectivity index (χ0) is 12.3. The van der Waals surface area contributed by atoms with Gasteiger partial charge in [0.1, 0.15) is 0 Å². The van der Waals surface area contributed by atoms with Gasteiger partial charge in [-0.25, -0.2) is 5.48 Å². The Labute approximate surface area is 99.9 Å². The summed E-state index contributed by atoms with van der Waals surface area (Å²) in [7, 11) is 0. The van der Waals surface area contributed by atoms with Crippen LogP contribution in [0.3, 0.4) is 0 Å². The molecule has 16 heavy (non-hydrogen) atoms. The molecule has 1 aromatic rings. The Morgan fingerprint density at radius 3 is 2.06 bits per heavy atom. The molecule has 90 valence electrons. The second kappa shape index (κ2) is 5.23. The van der Waals surface area contributed by atoms with Crippen LogP contribution < -0.4 is 5.48 Å². The summed E-state index contributed by atoms with van der Waals surface area (Å²) in [4.78, 5) is 0. The predicted octanol–water partition coefficient (Wildman–Crippen LogP) is 3.62. The quantitative estimate of drug-likeness (QED) is 0.825. The average Bonchev–Trinajstić information content (AvgIpc) is 2.10. The van der Waals surface area contributed by atoms with Crippen LogP contribution in [0.2, 0.25) is 10.0 Å². The van der Waals surface area contributed by atoms with Gasteiger partial charge in [-0.15, -0.1) is 0 Å². The molecule has 7 heteroatoms. The van der Waals surface area contributed by atoms with Crippen molar-refractivity contribution in [1.29, 1.82) is 0 Å². The van der Waals surface area contributed by atoms with Gasteiger partial charge in [0.25, 0.3) is 0 Å². The third-order valence-electron chi connectivity index (χ3n) is 1.98. The SMILES string of the molecule is ONCC(c1cc(Cl)cc(Cl)c1)C(F)(F)F. The predicted molar refractivity (Wildman–Crippen MR) is 55.0 cm³/mol. The van der Waals surface area contributed by atoms with Gasteiger partial charge < -0.3 is 5.21 Å². The van der Waals surface area contributed by atoms with Gasteiger partial charge in [0.2, 0.25) is 0 Å². The summed E-state index contributed by atoms with van der Waals surface area (Å²) in [6.07, 6.45) is -4.48. The summed E-state index contributed by atoms with van der Waals surface area (Å²) in [6, 6.07) is 3.68. The van der Waals surface area contributed by atoms with Crippen LogP contribution in [0.15, 0.2) is 18.2 Å². The van der Waals surface area contributed by atoms with Crippen molar-refractivity contribution in [3.63, 3.8) is 0 Å². The maximum atomic E-state index is 12.6. The van der Waals surface area contributed by atoms with Gasteiger partial charge in [-0.2, -0.15) is 13.2 Å². The summed E-state index contributed by atoms with van der Waals surface area (Å²) >= 11 is 11.2. The molecule has 0 saturated carbocycles. The number of halogens is 5. The number of hydroxylamine groups is 1. The monoisotopic (exact) mass is 273 g/mol. The Morgan fingerprint density at radius 1 is 1.19 bits per heavy atom. The first-order chi connectivity index (χ1) is 7.34. The fourth-order valence-electron chi connectivity index (χ4n) is 1.29. The van der Waals surface area contributed by atoms with Crippen LogP contribution in [0.1, 0.15) is 11.5 Å². The smallest absolute Gasteiger partial charge is 0.317 e. The number of hydrogen-bond donors (Lipinski definition) is 2. The Morgan fingerprint density at radius 2 is 1.69 bits per heavy atom. The highest BCUT2D eigenvalue weighted by molar-refractivity contribution is 6.34. The molecule has 1 atom stereocenters. The van der Waals surface area contributed by atoms with E-state index >= 15 is 0 Å². The first kappa shape index (κ1) is 13.6. The van der Waals surface area contributed by atoms with Crippen LogP contribution in [0.5, 0.6) is 0 Å². The number of nitrogens with one attached hydrogen (secondary N) is 1. The minimum atomic E-state index is -4.48. The van der Waals surface area contributed by atoms with Crippen molar-refractivity contribution in [2.45, 2.75) is 12.1 Å². The van der Waals surface area contributed by atoms with Gasteiger partial charge in [-0.05, 0) is 23.8 Å². The molecule has 1 unspecified atom stereocenters. The first-order valence-electron chi connectivity index (χ1n) is 4.24. The molecule has 0 fully saturated rings. The van der Waals surface area contributed by atoms with Crippen LogP contribution in [0.4, 0.5) is 13.2 Å². The molecule has 0 spiro atoms. The number of alkyl halides is 3. The largest absolute Gasteiger partial charge is 0.397 e. The Hall–Kier alpha value is -0.490. The fraction of sp³-hybridized carbons (Fsp3) is 0.333.